The van der Waals surface area contributed by atoms with Gasteiger partial charge in [-0.25, -0.2) is 12.8 Å². The molecular weight excluding hydrogens is 423 g/mol. The van der Waals surface area contributed by atoms with Crippen molar-refractivity contribution in [3.05, 3.63) is 53.8 Å². The lowest BCUT2D eigenvalue weighted by Crippen LogP contribution is -2.43. The lowest BCUT2D eigenvalue weighted by Gasteiger charge is -2.32. The van der Waals surface area contributed by atoms with E-state index >= 15 is 0 Å². The van der Waals surface area contributed by atoms with Crippen LogP contribution in [0.5, 0.6) is 11.5 Å². The molecule has 1 aliphatic heterocycles. The number of halogens is 1. The number of carbonyl (C=O) groups excluding carboxylic acids is 1. The van der Waals surface area contributed by atoms with E-state index in [9.17, 15) is 17.6 Å². The number of benzene rings is 2. The summed E-state index contributed by atoms with van der Waals surface area (Å²) in [4.78, 5) is 14.4. The molecule has 31 heavy (non-hydrogen) atoms. The Morgan fingerprint density at radius 2 is 1.74 bits per heavy atom. The zero-order valence-electron chi connectivity index (χ0n) is 17.9. The van der Waals surface area contributed by atoms with Crippen LogP contribution in [-0.2, 0) is 21.4 Å². The molecule has 0 saturated carbocycles. The Bertz CT molecular complexity index is 1040. The molecule has 2 aromatic rings. The SMILES string of the molecule is COc1ccc(S(=O)(=O)N2CCC(C(=O)N(C)Cc3ccccc3F)CC2)cc1OC. The highest BCUT2D eigenvalue weighted by Gasteiger charge is 2.33. The van der Waals surface area contributed by atoms with Crippen molar-refractivity contribution in [2.24, 2.45) is 5.92 Å². The number of sulfonamides is 1. The molecule has 2 aromatic carbocycles. The summed E-state index contributed by atoms with van der Waals surface area (Å²) in [7, 11) is 0.851. The van der Waals surface area contributed by atoms with E-state index in [2.05, 4.69) is 0 Å². The minimum Gasteiger partial charge on any atom is -0.493 e. The molecule has 0 atom stereocenters. The van der Waals surface area contributed by atoms with E-state index in [0.29, 0.717) is 29.9 Å². The molecule has 0 unspecified atom stereocenters. The molecule has 0 spiro atoms. The number of nitrogens with zero attached hydrogens (tertiary/aromatic N) is 2. The van der Waals surface area contributed by atoms with Crippen LogP contribution in [0, 0.1) is 11.7 Å². The van der Waals surface area contributed by atoms with E-state index < -0.39 is 10.0 Å². The second kappa shape index (κ2) is 9.65. The fraction of sp³-hybridized carbons (Fsp3) is 0.409. The van der Waals surface area contributed by atoms with E-state index in [1.54, 1.807) is 31.3 Å². The first-order valence-corrected chi connectivity index (χ1v) is 11.4. The van der Waals surface area contributed by atoms with Crippen molar-refractivity contribution in [1.82, 2.24) is 9.21 Å². The highest BCUT2D eigenvalue weighted by molar-refractivity contribution is 7.89. The van der Waals surface area contributed by atoms with Crippen molar-refractivity contribution in [3.63, 3.8) is 0 Å². The third kappa shape index (κ3) is 4.99. The third-order valence-corrected chi connectivity index (χ3v) is 7.43. The summed E-state index contributed by atoms with van der Waals surface area (Å²) in [5, 5.41) is 0. The van der Waals surface area contributed by atoms with Crippen LogP contribution in [0.2, 0.25) is 0 Å². The molecule has 1 aliphatic rings. The van der Waals surface area contributed by atoms with Gasteiger partial charge >= 0.3 is 0 Å². The van der Waals surface area contributed by atoms with Gasteiger partial charge in [-0.1, -0.05) is 18.2 Å². The van der Waals surface area contributed by atoms with Crippen LogP contribution in [0.4, 0.5) is 4.39 Å². The number of amides is 1. The Balaban J connectivity index is 1.64. The summed E-state index contributed by atoms with van der Waals surface area (Å²) < 4.78 is 51.7. The van der Waals surface area contributed by atoms with Gasteiger partial charge in [-0.05, 0) is 31.0 Å². The van der Waals surface area contributed by atoms with Crippen LogP contribution < -0.4 is 9.47 Å². The van der Waals surface area contributed by atoms with Crippen LogP contribution in [0.3, 0.4) is 0 Å². The Hall–Kier alpha value is -2.65. The highest BCUT2D eigenvalue weighted by Crippen LogP contribution is 2.32. The monoisotopic (exact) mass is 450 g/mol. The molecule has 0 radical (unpaired) electrons. The Morgan fingerprint density at radius 1 is 1.10 bits per heavy atom. The van der Waals surface area contributed by atoms with Gasteiger partial charge in [0, 0.05) is 44.2 Å². The molecule has 168 valence electrons. The van der Waals surface area contributed by atoms with Crippen LogP contribution in [0.25, 0.3) is 0 Å². The predicted octanol–water partition coefficient (Wildman–Crippen LogP) is 2.90. The average molecular weight is 451 g/mol. The molecule has 0 N–H and O–H groups in total. The van der Waals surface area contributed by atoms with E-state index in [1.807, 2.05) is 0 Å². The van der Waals surface area contributed by atoms with E-state index in [1.165, 1.54) is 41.6 Å². The van der Waals surface area contributed by atoms with Crippen molar-refractivity contribution in [3.8, 4) is 11.5 Å². The van der Waals surface area contributed by atoms with Gasteiger partial charge < -0.3 is 14.4 Å². The predicted molar refractivity (Wildman–Crippen MR) is 114 cm³/mol. The maximum Gasteiger partial charge on any atom is 0.243 e. The zero-order valence-corrected chi connectivity index (χ0v) is 18.7. The molecule has 1 heterocycles. The Morgan fingerprint density at radius 3 is 2.35 bits per heavy atom. The van der Waals surface area contributed by atoms with Crippen molar-refractivity contribution in [2.75, 3.05) is 34.4 Å². The molecule has 0 aliphatic carbocycles. The van der Waals surface area contributed by atoms with Crippen molar-refractivity contribution in [1.29, 1.82) is 0 Å². The Labute approximate surface area is 182 Å². The van der Waals surface area contributed by atoms with Crippen molar-refractivity contribution in [2.45, 2.75) is 24.3 Å². The minimum atomic E-state index is -3.72. The third-order valence-electron chi connectivity index (χ3n) is 5.54. The summed E-state index contributed by atoms with van der Waals surface area (Å²) in [5.74, 6) is 0.0325. The Kier molecular flexibility index (Phi) is 7.17. The highest BCUT2D eigenvalue weighted by atomic mass is 32.2. The smallest absolute Gasteiger partial charge is 0.243 e. The molecule has 1 saturated heterocycles. The maximum absolute atomic E-state index is 13.9. The number of rotatable bonds is 7. The van der Waals surface area contributed by atoms with Crippen LogP contribution in [-0.4, -0.2) is 57.9 Å². The molecule has 9 heteroatoms. The van der Waals surface area contributed by atoms with Crippen molar-refractivity contribution < 1.29 is 27.1 Å². The molecule has 7 nitrogen and oxygen atoms in total. The number of methoxy groups -OCH3 is 2. The largest absolute Gasteiger partial charge is 0.493 e. The van der Waals surface area contributed by atoms with E-state index in [4.69, 9.17) is 9.47 Å². The number of hydrogen-bond donors (Lipinski definition) is 0. The van der Waals surface area contributed by atoms with Gasteiger partial charge in [-0.15, -0.1) is 0 Å². The van der Waals surface area contributed by atoms with Crippen LogP contribution in [0.1, 0.15) is 18.4 Å². The van der Waals surface area contributed by atoms with Gasteiger partial charge in [0.15, 0.2) is 11.5 Å². The van der Waals surface area contributed by atoms with Gasteiger partial charge in [0.2, 0.25) is 15.9 Å². The maximum atomic E-state index is 13.9. The summed E-state index contributed by atoms with van der Waals surface area (Å²) >= 11 is 0. The lowest BCUT2D eigenvalue weighted by molar-refractivity contribution is -0.136. The molecule has 3 rings (SSSR count). The van der Waals surface area contributed by atoms with Crippen molar-refractivity contribution >= 4 is 15.9 Å². The van der Waals surface area contributed by atoms with Crippen LogP contribution >= 0.6 is 0 Å². The van der Waals surface area contributed by atoms with E-state index in [-0.39, 0.29) is 42.2 Å². The average Bonchev–Trinajstić information content (AvgIpc) is 2.79. The first-order chi connectivity index (χ1) is 14.8. The molecule has 0 aromatic heterocycles. The van der Waals surface area contributed by atoms with Gasteiger partial charge in [-0.3, -0.25) is 4.79 Å². The first-order valence-electron chi connectivity index (χ1n) is 9.98. The molecular formula is C22H27FN2O5S. The number of piperidine rings is 1. The minimum absolute atomic E-state index is 0.105. The summed E-state index contributed by atoms with van der Waals surface area (Å²) in [6.07, 6.45) is 0.819. The fourth-order valence-corrected chi connectivity index (χ4v) is 5.23. The van der Waals surface area contributed by atoms with Gasteiger partial charge in [0.25, 0.3) is 0 Å². The molecule has 0 bridgehead atoms. The van der Waals surface area contributed by atoms with Gasteiger partial charge in [0.05, 0.1) is 19.1 Å². The summed E-state index contributed by atoms with van der Waals surface area (Å²) in [6.45, 7) is 0.650. The summed E-state index contributed by atoms with van der Waals surface area (Å²) in [6, 6.07) is 10.8. The number of carbonyl (C=O) groups is 1. The zero-order chi connectivity index (χ0) is 22.6. The second-order valence-corrected chi connectivity index (χ2v) is 9.42. The lowest BCUT2D eigenvalue weighted by atomic mass is 9.96. The second-order valence-electron chi connectivity index (χ2n) is 7.48. The van der Waals surface area contributed by atoms with Crippen LogP contribution in [0.15, 0.2) is 47.4 Å². The molecule has 1 amide bonds. The number of ether oxygens (including phenoxy) is 2. The topological polar surface area (TPSA) is 76.2 Å². The fourth-order valence-electron chi connectivity index (χ4n) is 3.74. The number of hydrogen-bond acceptors (Lipinski definition) is 5. The normalized spacial score (nSPS) is 15.5. The van der Waals surface area contributed by atoms with Gasteiger partial charge in [0.1, 0.15) is 5.82 Å². The van der Waals surface area contributed by atoms with E-state index in [0.717, 1.165) is 0 Å². The molecule has 1 fully saturated rings. The summed E-state index contributed by atoms with van der Waals surface area (Å²) in [5.41, 5.74) is 0.451. The first kappa shape index (κ1) is 23.0. The quantitative estimate of drug-likeness (QED) is 0.648. The van der Waals surface area contributed by atoms with Gasteiger partial charge in [-0.2, -0.15) is 4.31 Å². The standard InChI is InChI=1S/C22H27FN2O5S/c1-24(15-17-6-4-5-7-19(17)23)22(26)16-10-12-25(13-11-16)31(27,28)18-8-9-20(29-2)21(14-18)30-3/h4-9,14,16H,10-13,15H2,1-3H3.